The van der Waals surface area contributed by atoms with Crippen LogP contribution in [0.15, 0.2) is 12.7 Å². The molecule has 7 amide bonds. The molecule has 312 valence electrons. The van der Waals surface area contributed by atoms with Crippen LogP contribution in [0, 0.1) is 39.9 Å². The summed E-state index contributed by atoms with van der Waals surface area (Å²) in [6.45, 7) is 18.0. The number of Topliss-reactive ketones (excluding diaryl/α,β-unsaturated/α-hetero) is 1. The van der Waals surface area contributed by atoms with E-state index >= 15 is 4.79 Å². The van der Waals surface area contributed by atoms with Gasteiger partial charge in [0, 0.05) is 32.5 Å². The third-order valence-corrected chi connectivity index (χ3v) is 13.4. The summed E-state index contributed by atoms with van der Waals surface area (Å²) < 4.78 is 0. The van der Waals surface area contributed by atoms with E-state index in [1.807, 2.05) is 34.6 Å². The van der Waals surface area contributed by atoms with E-state index in [-0.39, 0.29) is 66.8 Å². The van der Waals surface area contributed by atoms with Crippen molar-refractivity contribution >= 4 is 41.4 Å². The van der Waals surface area contributed by atoms with Gasteiger partial charge in [-0.05, 0) is 78.4 Å². The molecule has 1 unspecified atom stereocenters. The maximum Gasteiger partial charge on any atom is 0.315 e. The Morgan fingerprint density at radius 2 is 1.54 bits per heavy atom. The SMILES string of the molecule is C=CCNC(=O)C(=O)C(CCC1CC1)NC(=O)[C@@H]1[C@H]2CCC(C)(C)[C@H]2CN1C(=O)[C@@H](NC(=O)N[C@H](CN1C(=O)CC(C)(C)CC1=O)C(C)(C)C)C1CCCCC1. The van der Waals surface area contributed by atoms with Crippen LogP contribution in [-0.4, -0.2) is 95.0 Å². The van der Waals surface area contributed by atoms with Gasteiger partial charge in [-0.1, -0.05) is 86.6 Å². The summed E-state index contributed by atoms with van der Waals surface area (Å²) in [5.41, 5.74) is -1.09. The van der Waals surface area contributed by atoms with E-state index in [0.29, 0.717) is 25.3 Å². The van der Waals surface area contributed by atoms with E-state index in [4.69, 9.17) is 0 Å². The first-order valence-electron chi connectivity index (χ1n) is 21.2. The van der Waals surface area contributed by atoms with E-state index in [9.17, 15) is 28.8 Å². The largest absolute Gasteiger partial charge is 0.346 e. The number of piperidine rings is 1. The Bertz CT molecular complexity index is 1520. The highest BCUT2D eigenvalue weighted by Gasteiger charge is 2.57. The van der Waals surface area contributed by atoms with E-state index in [1.54, 1.807) is 4.90 Å². The van der Waals surface area contributed by atoms with Gasteiger partial charge in [0.05, 0.1) is 12.1 Å². The lowest BCUT2D eigenvalue weighted by Gasteiger charge is -2.40. The van der Waals surface area contributed by atoms with E-state index in [2.05, 4.69) is 41.7 Å². The highest BCUT2D eigenvalue weighted by atomic mass is 16.2. The zero-order valence-electron chi connectivity index (χ0n) is 35.0. The Hall–Kier alpha value is -3.77. The number of ketones is 1. The fourth-order valence-corrected chi connectivity index (χ4v) is 9.63. The number of hydrogen-bond acceptors (Lipinski definition) is 7. The maximum absolute atomic E-state index is 15.0. The Labute approximate surface area is 333 Å². The van der Waals surface area contributed by atoms with Crippen molar-refractivity contribution in [3.05, 3.63) is 12.7 Å². The minimum atomic E-state index is -1.02. The zero-order chi connectivity index (χ0) is 41.2. The minimum Gasteiger partial charge on any atom is -0.346 e. The molecule has 6 atom stereocenters. The summed E-state index contributed by atoms with van der Waals surface area (Å²) in [7, 11) is 0. The third-order valence-electron chi connectivity index (χ3n) is 13.4. The molecule has 13 nitrogen and oxygen atoms in total. The molecule has 0 radical (unpaired) electrons. The molecule has 2 aliphatic heterocycles. The maximum atomic E-state index is 15.0. The molecule has 2 heterocycles. The molecule has 0 aromatic carbocycles. The van der Waals surface area contributed by atoms with Gasteiger partial charge in [-0.15, -0.1) is 6.58 Å². The summed E-state index contributed by atoms with van der Waals surface area (Å²) in [4.78, 5) is 98.9. The van der Waals surface area contributed by atoms with Crippen LogP contribution in [0.2, 0.25) is 0 Å². The number of carbonyl (C=O) groups is 7. The third kappa shape index (κ3) is 10.4. The summed E-state index contributed by atoms with van der Waals surface area (Å²) in [6, 6.07) is -3.96. The van der Waals surface area contributed by atoms with Crippen molar-refractivity contribution in [3.63, 3.8) is 0 Å². The molecular weight excluding hydrogens is 713 g/mol. The van der Waals surface area contributed by atoms with Gasteiger partial charge >= 0.3 is 6.03 Å². The number of rotatable bonds is 15. The highest BCUT2D eigenvalue weighted by Crippen LogP contribution is 2.53. The molecule has 0 aromatic heterocycles. The van der Waals surface area contributed by atoms with Crippen LogP contribution >= 0.6 is 0 Å². The molecule has 5 fully saturated rings. The van der Waals surface area contributed by atoms with Crippen LogP contribution in [0.1, 0.15) is 132 Å². The van der Waals surface area contributed by atoms with Gasteiger partial charge < -0.3 is 26.2 Å². The number of carbonyl (C=O) groups excluding carboxylic acids is 7. The summed E-state index contributed by atoms with van der Waals surface area (Å²) in [5.74, 6) is -2.55. The number of nitrogens with one attached hydrogen (secondary N) is 4. The summed E-state index contributed by atoms with van der Waals surface area (Å²) in [5, 5.41) is 11.6. The monoisotopic (exact) mass is 781 g/mol. The number of imide groups is 1. The molecule has 3 aliphatic carbocycles. The van der Waals surface area contributed by atoms with Crippen LogP contribution in [0.5, 0.6) is 0 Å². The van der Waals surface area contributed by atoms with Gasteiger partial charge in [-0.25, -0.2) is 4.79 Å². The Morgan fingerprint density at radius 3 is 2.12 bits per heavy atom. The van der Waals surface area contributed by atoms with Crippen molar-refractivity contribution < 1.29 is 33.6 Å². The van der Waals surface area contributed by atoms with Gasteiger partial charge in [-0.2, -0.15) is 0 Å². The molecule has 5 rings (SSSR count). The molecule has 0 spiro atoms. The lowest BCUT2D eigenvalue weighted by atomic mass is 9.79. The first-order chi connectivity index (χ1) is 26.2. The first kappa shape index (κ1) is 43.4. The molecule has 0 aromatic rings. The summed E-state index contributed by atoms with van der Waals surface area (Å²) >= 11 is 0. The smallest absolute Gasteiger partial charge is 0.315 e. The lowest BCUT2D eigenvalue weighted by molar-refractivity contribution is -0.153. The van der Waals surface area contributed by atoms with Crippen LogP contribution in [0.3, 0.4) is 0 Å². The number of hydrogen-bond donors (Lipinski definition) is 4. The van der Waals surface area contributed by atoms with Crippen molar-refractivity contribution in [2.75, 3.05) is 19.6 Å². The van der Waals surface area contributed by atoms with Gasteiger partial charge in [0.25, 0.3) is 5.91 Å². The number of amides is 7. The van der Waals surface area contributed by atoms with Gasteiger partial charge in [-0.3, -0.25) is 33.7 Å². The molecule has 56 heavy (non-hydrogen) atoms. The van der Waals surface area contributed by atoms with Crippen LogP contribution in [0.4, 0.5) is 4.79 Å². The van der Waals surface area contributed by atoms with E-state index in [1.165, 1.54) is 11.0 Å². The van der Waals surface area contributed by atoms with Crippen LogP contribution < -0.4 is 21.3 Å². The van der Waals surface area contributed by atoms with Crippen LogP contribution in [0.25, 0.3) is 0 Å². The second-order valence-electron chi connectivity index (χ2n) is 20.0. The molecule has 4 N–H and O–H groups in total. The second-order valence-corrected chi connectivity index (χ2v) is 20.0. The topological polar surface area (TPSA) is 174 Å². The van der Waals surface area contributed by atoms with Crippen LogP contribution in [-0.2, 0) is 28.8 Å². The van der Waals surface area contributed by atoms with E-state index in [0.717, 1.165) is 57.8 Å². The van der Waals surface area contributed by atoms with Crippen molar-refractivity contribution in [1.29, 1.82) is 0 Å². The average molecular weight is 781 g/mol. The van der Waals surface area contributed by atoms with E-state index < -0.39 is 58.6 Å². The number of fused-ring (bicyclic) bond motifs is 1. The molecule has 13 heteroatoms. The van der Waals surface area contributed by atoms with Crippen molar-refractivity contribution in [1.82, 2.24) is 31.1 Å². The standard InChI is InChI=1S/C43H68N6O7/c1-9-21-44-38(54)36(52)30(18-17-26-15-16-26)45-37(53)35-28-19-20-43(7,8)29(28)24-49(35)39(55)34(27-13-11-10-12-14-27)47-40(56)46-31(41(2,3)4)25-48-32(50)22-42(5,6)23-33(48)51/h9,26-31,34-35H,1,10-25H2,2-8H3,(H,44,54)(H,45,53)(H2,46,47,56)/t28-,29-,30?,31+,34-,35-/m0/s1. The normalized spacial score (nSPS) is 26.4. The molecule has 5 aliphatic rings. The fourth-order valence-electron chi connectivity index (χ4n) is 9.63. The Balaban J connectivity index is 1.38. The lowest BCUT2D eigenvalue weighted by Crippen LogP contribution is -2.62. The van der Waals surface area contributed by atoms with Gasteiger partial charge in [0.15, 0.2) is 0 Å². The van der Waals surface area contributed by atoms with Crippen molar-refractivity contribution in [2.45, 2.75) is 156 Å². The fraction of sp³-hybridized carbons (Fsp3) is 0.791. The molecular formula is C43H68N6O7. The Kier molecular flexibility index (Phi) is 13.5. The highest BCUT2D eigenvalue weighted by molar-refractivity contribution is 6.38. The predicted octanol–water partition coefficient (Wildman–Crippen LogP) is 4.63. The number of nitrogens with zero attached hydrogens (tertiary/aromatic N) is 2. The second kappa shape index (κ2) is 17.4. The van der Waals surface area contributed by atoms with Crippen molar-refractivity contribution in [2.24, 2.45) is 39.9 Å². The Morgan fingerprint density at radius 1 is 0.893 bits per heavy atom. The van der Waals surface area contributed by atoms with Gasteiger partial charge in [0.1, 0.15) is 12.1 Å². The quantitative estimate of drug-likeness (QED) is 0.107. The molecule has 0 bridgehead atoms. The summed E-state index contributed by atoms with van der Waals surface area (Å²) in [6.07, 6.45) is 11.1. The average Bonchev–Trinajstić information content (AvgIpc) is 3.79. The minimum absolute atomic E-state index is 0.0196. The van der Waals surface area contributed by atoms with Crippen molar-refractivity contribution in [3.8, 4) is 0 Å². The molecule has 2 saturated heterocycles. The first-order valence-corrected chi connectivity index (χ1v) is 21.2. The number of likely N-dealkylation sites (tertiary alicyclic amines) is 2. The number of urea groups is 1. The molecule has 3 saturated carbocycles. The zero-order valence-corrected chi connectivity index (χ0v) is 35.0. The predicted molar refractivity (Wildman–Crippen MR) is 213 cm³/mol. The van der Waals surface area contributed by atoms with Gasteiger partial charge in [0.2, 0.25) is 29.4 Å².